The lowest BCUT2D eigenvalue weighted by Gasteiger charge is -2.24. The van der Waals surface area contributed by atoms with Crippen molar-refractivity contribution in [2.75, 3.05) is 24.7 Å². The van der Waals surface area contributed by atoms with E-state index in [1.165, 1.54) is 0 Å². The highest BCUT2D eigenvalue weighted by Gasteiger charge is 2.17. The predicted octanol–water partition coefficient (Wildman–Crippen LogP) is 2.38. The molecule has 1 aromatic carbocycles. The molecule has 0 aromatic heterocycles. The van der Waals surface area contributed by atoms with Gasteiger partial charge < -0.3 is 15.8 Å². The lowest BCUT2D eigenvalue weighted by Crippen LogP contribution is -2.32. The van der Waals surface area contributed by atoms with Crippen LogP contribution in [0.2, 0.25) is 0 Å². The Kier molecular flexibility index (Phi) is 3.70. The highest BCUT2D eigenvalue weighted by molar-refractivity contribution is 5.66. The molecular formula is C11H16F2N2O. The topological polar surface area (TPSA) is 47.3 Å². The second-order valence-electron chi connectivity index (χ2n) is 4.17. The summed E-state index contributed by atoms with van der Waals surface area (Å²) in [5.41, 5.74) is 5.19. The number of ether oxygens (including phenoxy) is 1. The Hall–Kier alpha value is -1.36. The number of rotatable bonds is 4. The number of methoxy groups -OCH3 is 1. The molecule has 0 unspecified atom stereocenters. The van der Waals surface area contributed by atoms with Gasteiger partial charge in [0.2, 0.25) is 0 Å². The van der Waals surface area contributed by atoms with E-state index in [1.54, 1.807) is 7.11 Å². The summed E-state index contributed by atoms with van der Waals surface area (Å²) < 4.78 is 31.2. The Morgan fingerprint density at radius 1 is 1.38 bits per heavy atom. The molecule has 0 bridgehead atoms. The van der Waals surface area contributed by atoms with Crippen LogP contribution >= 0.6 is 0 Å². The SMILES string of the molecule is COC(C)(C)CNc1cc(F)cc(F)c1N. The minimum absolute atomic E-state index is 0.0895. The molecule has 0 amide bonds. The Morgan fingerprint density at radius 3 is 2.56 bits per heavy atom. The van der Waals surface area contributed by atoms with Gasteiger partial charge in [0.25, 0.3) is 0 Å². The first-order valence-electron chi connectivity index (χ1n) is 4.89. The first-order chi connectivity index (χ1) is 7.35. The van der Waals surface area contributed by atoms with Gasteiger partial charge in [0.05, 0.1) is 17.0 Å². The van der Waals surface area contributed by atoms with Crippen LogP contribution < -0.4 is 11.1 Å². The van der Waals surface area contributed by atoms with E-state index in [0.717, 1.165) is 12.1 Å². The van der Waals surface area contributed by atoms with Crippen molar-refractivity contribution in [3.05, 3.63) is 23.8 Å². The highest BCUT2D eigenvalue weighted by atomic mass is 19.1. The van der Waals surface area contributed by atoms with Gasteiger partial charge in [0.15, 0.2) is 5.82 Å². The van der Waals surface area contributed by atoms with Crippen molar-refractivity contribution in [1.29, 1.82) is 0 Å². The average molecular weight is 230 g/mol. The molecule has 3 N–H and O–H groups in total. The molecule has 0 saturated carbocycles. The fourth-order valence-corrected chi connectivity index (χ4v) is 1.11. The second-order valence-corrected chi connectivity index (χ2v) is 4.17. The third-order valence-corrected chi connectivity index (χ3v) is 2.35. The quantitative estimate of drug-likeness (QED) is 0.781. The average Bonchev–Trinajstić information content (AvgIpc) is 2.21. The van der Waals surface area contributed by atoms with Gasteiger partial charge in [-0.15, -0.1) is 0 Å². The monoisotopic (exact) mass is 230 g/mol. The molecule has 1 aromatic rings. The molecule has 90 valence electrons. The van der Waals surface area contributed by atoms with Crippen LogP contribution in [0.4, 0.5) is 20.2 Å². The summed E-state index contributed by atoms with van der Waals surface area (Å²) in [6.07, 6.45) is 0. The predicted molar refractivity (Wildman–Crippen MR) is 60.3 cm³/mol. The number of nitrogen functional groups attached to an aromatic ring is 1. The molecule has 0 fully saturated rings. The molecule has 5 heteroatoms. The van der Waals surface area contributed by atoms with Crippen molar-refractivity contribution in [2.45, 2.75) is 19.4 Å². The summed E-state index contributed by atoms with van der Waals surface area (Å²) in [4.78, 5) is 0. The lowest BCUT2D eigenvalue weighted by molar-refractivity contribution is 0.0344. The van der Waals surface area contributed by atoms with Crippen molar-refractivity contribution < 1.29 is 13.5 Å². The van der Waals surface area contributed by atoms with Crippen LogP contribution in [0, 0.1) is 11.6 Å². The number of hydrogen-bond donors (Lipinski definition) is 2. The Balaban J connectivity index is 2.82. The van der Waals surface area contributed by atoms with Crippen LogP contribution in [0.3, 0.4) is 0 Å². The van der Waals surface area contributed by atoms with Crippen molar-refractivity contribution >= 4 is 11.4 Å². The maximum absolute atomic E-state index is 13.1. The molecule has 0 radical (unpaired) electrons. The van der Waals surface area contributed by atoms with Crippen LogP contribution in [0.1, 0.15) is 13.8 Å². The van der Waals surface area contributed by atoms with E-state index in [4.69, 9.17) is 10.5 Å². The largest absolute Gasteiger partial charge is 0.395 e. The molecule has 0 atom stereocenters. The maximum Gasteiger partial charge on any atom is 0.151 e. The first-order valence-corrected chi connectivity index (χ1v) is 4.89. The van der Waals surface area contributed by atoms with Gasteiger partial charge >= 0.3 is 0 Å². The van der Waals surface area contributed by atoms with Crippen molar-refractivity contribution in [3.63, 3.8) is 0 Å². The summed E-state index contributed by atoms with van der Waals surface area (Å²) in [5.74, 6) is -1.43. The van der Waals surface area contributed by atoms with E-state index in [-0.39, 0.29) is 11.4 Å². The van der Waals surface area contributed by atoms with Crippen molar-refractivity contribution in [1.82, 2.24) is 0 Å². The van der Waals surface area contributed by atoms with Gasteiger partial charge in [-0.2, -0.15) is 0 Å². The van der Waals surface area contributed by atoms with E-state index >= 15 is 0 Å². The highest BCUT2D eigenvalue weighted by Crippen LogP contribution is 2.24. The molecule has 1 rings (SSSR count). The standard InChI is InChI=1S/C11H16F2N2O/c1-11(2,16-3)6-15-9-5-7(12)4-8(13)10(9)14/h4-5,15H,6,14H2,1-3H3. The van der Waals surface area contributed by atoms with Crippen LogP contribution in [-0.4, -0.2) is 19.3 Å². The minimum atomic E-state index is -0.766. The number of hydrogen-bond acceptors (Lipinski definition) is 3. The van der Waals surface area contributed by atoms with Crippen LogP contribution in [-0.2, 0) is 4.74 Å². The zero-order chi connectivity index (χ0) is 12.3. The fraction of sp³-hybridized carbons (Fsp3) is 0.455. The zero-order valence-electron chi connectivity index (χ0n) is 9.60. The molecule has 0 aliphatic heterocycles. The summed E-state index contributed by atoms with van der Waals surface area (Å²) >= 11 is 0. The number of halogens is 2. The molecule has 3 nitrogen and oxygen atoms in total. The molecule has 0 heterocycles. The van der Waals surface area contributed by atoms with E-state index in [9.17, 15) is 8.78 Å². The number of nitrogens with one attached hydrogen (secondary N) is 1. The van der Waals surface area contributed by atoms with E-state index in [0.29, 0.717) is 6.54 Å². The summed E-state index contributed by atoms with van der Waals surface area (Å²) in [6, 6.07) is 1.91. The summed E-state index contributed by atoms with van der Waals surface area (Å²) in [6.45, 7) is 4.11. The second kappa shape index (κ2) is 4.65. The summed E-state index contributed by atoms with van der Waals surface area (Å²) in [5, 5.41) is 2.86. The minimum Gasteiger partial charge on any atom is -0.395 e. The smallest absolute Gasteiger partial charge is 0.151 e. The van der Waals surface area contributed by atoms with Gasteiger partial charge in [-0.3, -0.25) is 0 Å². The molecule has 16 heavy (non-hydrogen) atoms. The van der Waals surface area contributed by atoms with Gasteiger partial charge in [-0.25, -0.2) is 8.78 Å². The normalized spacial score (nSPS) is 11.6. The number of nitrogens with two attached hydrogens (primary N) is 1. The first kappa shape index (κ1) is 12.7. The molecule has 0 aliphatic carbocycles. The van der Waals surface area contributed by atoms with Crippen LogP contribution in [0.25, 0.3) is 0 Å². The molecular weight excluding hydrogens is 214 g/mol. The Bertz CT molecular complexity index is 380. The fourth-order valence-electron chi connectivity index (χ4n) is 1.11. The van der Waals surface area contributed by atoms with Crippen molar-refractivity contribution in [3.8, 4) is 0 Å². The Labute approximate surface area is 93.6 Å². The van der Waals surface area contributed by atoms with E-state index < -0.39 is 17.2 Å². The summed E-state index contributed by atoms with van der Waals surface area (Å²) in [7, 11) is 1.57. The maximum atomic E-state index is 13.1. The molecule has 0 aliphatic rings. The van der Waals surface area contributed by atoms with Gasteiger partial charge in [0, 0.05) is 19.7 Å². The number of benzene rings is 1. The Morgan fingerprint density at radius 2 is 2.00 bits per heavy atom. The van der Waals surface area contributed by atoms with Crippen molar-refractivity contribution in [2.24, 2.45) is 0 Å². The van der Waals surface area contributed by atoms with Gasteiger partial charge in [0.1, 0.15) is 5.82 Å². The van der Waals surface area contributed by atoms with Gasteiger partial charge in [-0.1, -0.05) is 0 Å². The number of anilines is 2. The lowest BCUT2D eigenvalue weighted by atomic mass is 10.1. The van der Waals surface area contributed by atoms with Crippen LogP contribution in [0.5, 0.6) is 0 Å². The van der Waals surface area contributed by atoms with E-state index in [1.807, 2.05) is 13.8 Å². The zero-order valence-corrected chi connectivity index (χ0v) is 9.60. The third-order valence-electron chi connectivity index (χ3n) is 2.35. The molecule has 0 saturated heterocycles. The molecule has 0 spiro atoms. The van der Waals surface area contributed by atoms with Gasteiger partial charge in [-0.05, 0) is 19.9 Å². The van der Waals surface area contributed by atoms with E-state index in [2.05, 4.69) is 5.32 Å². The van der Waals surface area contributed by atoms with Crippen LogP contribution in [0.15, 0.2) is 12.1 Å². The third kappa shape index (κ3) is 3.06.